The van der Waals surface area contributed by atoms with E-state index in [1.54, 1.807) is 0 Å². The van der Waals surface area contributed by atoms with Crippen LogP contribution in [0.3, 0.4) is 0 Å². The van der Waals surface area contributed by atoms with Gasteiger partial charge in [-0.3, -0.25) is 0 Å². The maximum Gasteiger partial charge on any atom is 0.305 e. The first-order valence-electron chi connectivity index (χ1n) is 1.46. The van der Waals surface area contributed by atoms with Crippen LogP contribution >= 0.6 is 0 Å². The Hall–Kier alpha value is -0.860. The van der Waals surface area contributed by atoms with Gasteiger partial charge in [-0.2, -0.15) is 4.39 Å². The third-order valence-electron chi connectivity index (χ3n) is 0.406. The van der Waals surface area contributed by atoms with Gasteiger partial charge in [-0.05, 0) is 0 Å². The summed E-state index contributed by atoms with van der Waals surface area (Å²) in [6, 6.07) is 0.495. The first-order chi connectivity index (χ1) is 2.89. The molecule has 0 aliphatic rings. The average Bonchev–Trinajstić information content (AvgIpc) is 1.86. The van der Waals surface area contributed by atoms with E-state index >= 15 is 0 Å². The van der Waals surface area contributed by atoms with Gasteiger partial charge < -0.3 is 4.52 Å². The molecule has 1 aromatic rings. The monoisotopic (exact) mass is 87.0 g/mol. The topological polar surface area (TPSA) is 26.0 Å². The van der Waals surface area contributed by atoms with Crippen LogP contribution in [0.25, 0.3) is 0 Å². The summed E-state index contributed by atoms with van der Waals surface area (Å²) in [7, 11) is 0. The van der Waals surface area contributed by atoms with Gasteiger partial charge in [0.05, 0.1) is 6.20 Å². The van der Waals surface area contributed by atoms with Crippen molar-refractivity contribution >= 4 is 0 Å². The maximum atomic E-state index is 11.4. The average molecular weight is 87.1 g/mol. The van der Waals surface area contributed by atoms with E-state index in [0.29, 0.717) is 0 Å². The van der Waals surface area contributed by atoms with Crippen molar-refractivity contribution in [1.82, 2.24) is 5.16 Å². The number of aromatic nitrogens is 1. The SMILES string of the molecule is Fc1ccno1. The van der Waals surface area contributed by atoms with E-state index in [-0.39, 0.29) is 0 Å². The van der Waals surface area contributed by atoms with Crippen LogP contribution in [0.5, 0.6) is 0 Å². The number of rotatable bonds is 0. The largest absolute Gasteiger partial charge is 0.326 e. The van der Waals surface area contributed by atoms with Crippen LogP contribution in [0.4, 0.5) is 4.39 Å². The zero-order valence-corrected chi connectivity index (χ0v) is 2.89. The van der Waals surface area contributed by atoms with Crippen molar-refractivity contribution in [1.29, 1.82) is 0 Å². The van der Waals surface area contributed by atoms with Gasteiger partial charge in [0.15, 0.2) is 0 Å². The highest BCUT2D eigenvalue weighted by atomic mass is 19.1. The Morgan fingerprint density at radius 2 is 2.67 bits per heavy atom. The van der Waals surface area contributed by atoms with Crippen LogP contribution in [-0.4, -0.2) is 5.16 Å². The summed E-state index contributed by atoms with van der Waals surface area (Å²) in [5, 5.41) is 3.07. The van der Waals surface area contributed by atoms with Gasteiger partial charge in [0.1, 0.15) is 0 Å². The lowest BCUT2D eigenvalue weighted by atomic mass is 10.8. The molecule has 0 aromatic carbocycles. The fourth-order valence-electron chi connectivity index (χ4n) is 0.200. The van der Waals surface area contributed by atoms with Crippen LogP contribution in [0.15, 0.2) is 16.8 Å². The Morgan fingerprint density at radius 1 is 1.83 bits per heavy atom. The predicted octanol–water partition coefficient (Wildman–Crippen LogP) is 0.814. The smallest absolute Gasteiger partial charge is 0.305 e. The second kappa shape index (κ2) is 1.08. The van der Waals surface area contributed by atoms with Gasteiger partial charge in [0.2, 0.25) is 0 Å². The number of hydrogen-bond acceptors (Lipinski definition) is 2. The van der Waals surface area contributed by atoms with E-state index in [0.717, 1.165) is 6.07 Å². The second-order valence-corrected chi connectivity index (χ2v) is 0.817. The van der Waals surface area contributed by atoms with Crippen LogP contribution < -0.4 is 0 Å². The molecule has 0 aliphatic heterocycles. The number of nitrogens with zero attached hydrogens (tertiary/aromatic N) is 1. The Kier molecular flexibility index (Phi) is 0.602. The molecule has 32 valence electrons. The molecular formula is C3H2FNO. The molecule has 0 atom stereocenters. The maximum absolute atomic E-state index is 11.4. The van der Waals surface area contributed by atoms with E-state index in [1.807, 2.05) is 0 Å². The van der Waals surface area contributed by atoms with Crippen LogP contribution in [0.1, 0.15) is 0 Å². The molecule has 6 heavy (non-hydrogen) atoms. The van der Waals surface area contributed by atoms with E-state index in [9.17, 15) is 4.39 Å². The molecule has 1 aromatic heterocycles. The van der Waals surface area contributed by atoms with Crippen molar-refractivity contribution in [3.05, 3.63) is 18.3 Å². The molecule has 1 heterocycles. The quantitative estimate of drug-likeness (QED) is 0.468. The lowest BCUT2D eigenvalue weighted by Crippen LogP contribution is -1.51. The molecule has 0 saturated heterocycles. The molecule has 0 N–H and O–H groups in total. The summed E-state index contributed by atoms with van der Waals surface area (Å²) in [6.07, 6.45) is 1.25. The van der Waals surface area contributed by atoms with E-state index < -0.39 is 6.01 Å². The Morgan fingerprint density at radius 3 is 2.83 bits per heavy atom. The van der Waals surface area contributed by atoms with Crippen LogP contribution in [-0.2, 0) is 0 Å². The third kappa shape index (κ3) is 0.381. The van der Waals surface area contributed by atoms with Crippen molar-refractivity contribution in [2.24, 2.45) is 0 Å². The predicted molar refractivity (Wildman–Crippen MR) is 16.5 cm³/mol. The van der Waals surface area contributed by atoms with Crippen LogP contribution in [0.2, 0.25) is 0 Å². The van der Waals surface area contributed by atoms with Gasteiger partial charge in [-0.25, -0.2) is 0 Å². The minimum absolute atomic E-state index is 0.644. The zero-order chi connectivity index (χ0) is 4.41. The molecule has 3 heteroatoms. The molecule has 1 rings (SSSR count). The standard InChI is InChI=1S/C3H2FNO/c4-3-1-2-5-6-3/h1-2H. The Labute approximate surface area is 33.6 Å². The van der Waals surface area contributed by atoms with Gasteiger partial charge in [-0.15, -0.1) is 0 Å². The van der Waals surface area contributed by atoms with Crippen molar-refractivity contribution in [3.8, 4) is 0 Å². The molecular weight excluding hydrogens is 85.0 g/mol. The summed E-state index contributed by atoms with van der Waals surface area (Å²) < 4.78 is 15.4. The number of hydrogen-bond donors (Lipinski definition) is 0. The summed E-state index contributed by atoms with van der Waals surface area (Å²) in [5.74, 6) is 0. The summed E-state index contributed by atoms with van der Waals surface area (Å²) >= 11 is 0. The number of halogens is 1. The van der Waals surface area contributed by atoms with Crippen LogP contribution in [0, 0.1) is 6.01 Å². The molecule has 0 saturated carbocycles. The van der Waals surface area contributed by atoms with E-state index in [2.05, 4.69) is 9.68 Å². The van der Waals surface area contributed by atoms with Gasteiger partial charge >= 0.3 is 6.01 Å². The lowest BCUT2D eigenvalue weighted by molar-refractivity contribution is 0.282. The highest BCUT2D eigenvalue weighted by Gasteiger charge is 1.83. The summed E-state index contributed by atoms with van der Waals surface area (Å²) in [6.45, 7) is 0. The normalized spacial score (nSPS) is 8.83. The first kappa shape index (κ1) is 3.33. The molecule has 2 nitrogen and oxygen atoms in total. The van der Waals surface area contributed by atoms with Crippen molar-refractivity contribution in [2.45, 2.75) is 0 Å². The first-order valence-corrected chi connectivity index (χ1v) is 1.46. The highest BCUT2D eigenvalue weighted by molar-refractivity contribution is 4.72. The molecule has 0 unspecified atom stereocenters. The third-order valence-corrected chi connectivity index (χ3v) is 0.406. The molecule has 0 bridgehead atoms. The summed E-state index contributed by atoms with van der Waals surface area (Å²) in [5.41, 5.74) is 0. The zero-order valence-electron chi connectivity index (χ0n) is 2.89. The minimum Gasteiger partial charge on any atom is -0.326 e. The van der Waals surface area contributed by atoms with Gasteiger partial charge in [0, 0.05) is 6.07 Å². The molecule has 0 spiro atoms. The van der Waals surface area contributed by atoms with E-state index in [4.69, 9.17) is 0 Å². The van der Waals surface area contributed by atoms with E-state index in [1.165, 1.54) is 6.20 Å². The highest BCUT2D eigenvalue weighted by Crippen LogP contribution is 1.88. The molecule has 0 fully saturated rings. The minimum atomic E-state index is -0.644. The van der Waals surface area contributed by atoms with Crippen molar-refractivity contribution in [3.63, 3.8) is 0 Å². The summed E-state index contributed by atoms with van der Waals surface area (Å²) in [4.78, 5) is 0. The molecule has 0 aliphatic carbocycles. The molecule has 0 radical (unpaired) electrons. The fraction of sp³-hybridized carbons (Fsp3) is 0. The molecule has 0 amide bonds. The van der Waals surface area contributed by atoms with Crippen molar-refractivity contribution in [2.75, 3.05) is 0 Å². The van der Waals surface area contributed by atoms with Gasteiger partial charge in [0.25, 0.3) is 0 Å². The Bertz CT molecular complexity index is 114. The second-order valence-electron chi connectivity index (χ2n) is 0.817. The van der Waals surface area contributed by atoms with Gasteiger partial charge in [-0.1, -0.05) is 5.16 Å². The lowest BCUT2D eigenvalue weighted by Gasteiger charge is -1.60. The fourth-order valence-corrected chi connectivity index (χ4v) is 0.200. The Balaban J connectivity index is 3.05. The van der Waals surface area contributed by atoms with Crippen molar-refractivity contribution < 1.29 is 8.91 Å².